The first-order valence-corrected chi connectivity index (χ1v) is 8.95. The maximum Gasteiger partial charge on any atom is 0.252 e. The van der Waals surface area contributed by atoms with Crippen molar-refractivity contribution in [3.05, 3.63) is 60.2 Å². The van der Waals surface area contributed by atoms with Gasteiger partial charge >= 0.3 is 0 Å². The van der Waals surface area contributed by atoms with Crippen molar-refractivity contribution in [2.75, 3.05) is 19.6 Å². The third-order valence-corrected chi connectivity index (χ3v) is 5.19. The van der Waals surface area contributed by atoms with Crippen LogP contribution in [0.2, 0.25) is 0 Å². The van der Waals surface area contributed by atoms with Gasteiger partial charge in [0, 0.05) is 16.3 Å². The summed E-state index contributed by atoms with van der Waals surface area (Å²) in [6.45, 7) is 2.93. The van der Waals surface area contributed by atoms with Crippen molar-refractivity contribution in [2.24, 2.45) is 5.92 Å². The maximum atomic E-state index is 12.5. The predicted octanol–water partition coefficient (Wildman–Crippen LogP) is 3.99. The molecule has 1 unspecified atom stereocenters. The number of benzene rings is 2. The minimum absolute atomic E-state index is 0. The van der Waals surface area contributed by atoms with E-state index in [1.807, 2.05) is 42.5 Å². The molecule has 2 aromatic carbocycles. The van der Waals surface area contributed by atoms with E-state index in [0.717, 1.165) is 41.4 Å². The number of nitrogens with one attached hydrogen (secondary N) is 2. The van der Waals surface area contributed by atoms with Crippen LogP contribution in [0.4, 0.5) is 0 Å². The fraction of sp³-hybridized carbons (Fsp3) is 0.316. The van der Waals surface area contributed by atoms with E-state index in [9.17, 15) is 4.79 Å². The van der Waals surface area contributed by atoms with E-state index in [2.05, 4.69) is 22.8 Å². The fourth-order valence-corrected chi connectivity index (χ4v) is 3.77. The highest BCUT2D eigenvalue weighted by atomic mass is 35.5. The van der Waals surface area contributed by atoms with Gasteiger partial charge < -0.3 is 10.6 Å². The van der Waals surface area contributed by atoms with Crippen LogP contribution in [0.3, 0.4) is 0 Å². The summed E-state index contributed by atoms with van der Waals surface area (Å²) in [4.78, 5) is 14.6. The first kappa shape index (κ1) is 18.8. The van der Waals surface area contributed by atoms with Gasteiger partial charge in [0.1, 0.15) is 0 Å². The molecule has 0 saturated carbocycles. The highest BCUT2D eigenvalue weighted by Crippen LogP contribution is 2.30. The van der Waals surface area contributed by atoms with E-state index in [1.165, 1.54) is 6.42 Å². The second kappa shape index (κ2) is 9.72. The molecule has 2 aromatic rings. The van der Waals surface area contributed by atoms with E-state index < -0.39 is 0 Å². The second-order valence-corrected chi connectivity index (χ2v) is 6.93. The third-order valence-electron chi connectivity index (χ3n) is 4.10. The van der Waals surface area contributed by atoms with Gasteiger partial charge in [-0.15, -0.1) is 12.4 Å². The van der Waals surface area contributed by atoms with Gasteiger partial charge in [-0.3, -0.25) is 4.79 Å². The topological polar surface area (TPSA) is 41.1 Å². The number of carbonyl (C=O) groups excluding carboxylic acids is 1. The van der Waals surface area contributed by atoms with E-state index in [4.69, 9.17) is 0 Å². The number of rotatable bonds is 6. The number of amides is 1. The molecule has 1 aliphatic heterocycles. The number of hydrogen-bond acceptors (Lipinski definition) is 3. The monoisotopic (exact) mass is 362 g/mol. The van der Waals surface area contributed by atoms with Gasteiger partial charge in [0.2, 0.25) is 0 Å². The maximum absolute atomic E-state index is 12.5. The van der Waals surface area contributed by atoms with Gasteiger partial charge in [0.05, 0.1) is 5.56 Å². The van der Waals surface area contributed by atoms with Crippen LogP contribution in [0.15, 0.2) is 64.4 Å². The Morgan fingerprint density at radius 3 is 2.62 bits per heavy atom. The number of hydrogen-bond donors (Lipinski definition) is 2. The summed E-state index contributed by atoms with van der Waals surface area (Å²) >= 11 is 1.63. The Hall–Kier alpha value is -1.49. The molecule has 0 aromatic heterocycles. The normalized spacial score (nSPS) is 16.4. The SMILES string of the molecule is Cl.O=C(NCCC1CCNC1)c1ccccc1Sc1ccccc1. The minimum atomic E-state index is 0. The molecule has 128 valence electrons. The summed E-state index contributed by atoms with van der Waals surface area (Å²) in [6, 6.07) is 18.0. The Bertz CT molecular complexity index is 645. The summed E-state index contributed by atoms with van der Waals surface area (Å²) < 4.78 is 0. The molecule has 1 saturated heterocycles. The molecule has 1 heterocycles. The largest absolute Gasteiger partial charge is 0.352 e. The lowest BCUT2D eigenvalue weighted by Crippen LogP contribution is -2.26. The zero-order valence-corrected chi connectivity index (χ0v) is 15.2. The van der Waals surface area contributed by atoms with E-state index >= 15 is 0 Å². The standard InChI is InChI=1S/C19H22N2OS.ClH/c22-19(21-13-11-15-10-12-20-14-15)17-8-4-5-9-18(17)23-16-6-2-1-3-7-16;/h1-9,15,20H,10-14H2,(H,21,22);1H. The molecule has 0 aliphatic carbocycles. The highest BCUT2D eigenvalue weighted by Gasteiger charge is 2.15. The summed E-state index contributed by atoms with van der Waals surface area (Å²) in [7, 11) is 0. The minimum Gasteiger partial charge on any atom is -0.352 e. The lowest BCUT2D eigenvalue weighted by Gasteiger charge is -2.12. The summed E-state index contributed by atoms with van der Waals surface area (Å²) in [5, 5.41) is 6.43. The highest BCUT2D eigenvalue weighted by molar-refractivity contribution is 7.99. The number of halogens is 1. The predicted molar refractivity (Wildman–Crippen MR) is 102 cm³/mol. The van der Waals surface area contributed by atoms with Crippen LogP contribution in [0, 0.1) is 5.92 Å². The molecule has 3 rings (SSSR count). The van der Waals surface area contributed by atoms with Crippen molar-refractivity contribution in [3.8, 4) is 0 Å². The first-order valence-electron chi connectivity index (χ1n) is 8.14. The zero-order valence-electron chi connectivity index (χ0n) is 13.5. The summed E-state index contributed by atoms with van der Waals surface area (Å²) in [5.41, 5.74) is 0.755. The quantitative estimate of drug-likeness (QED) is 0.816. The zero-order chi connectivity index (χ0) is 15.9. The molecule has 0 radical (unpaired) electrons. The van der Waals surface area contributed by atoms with Gasteiger partial charge in [-0.05, 0) is 56.1 Å². The van der Waals surface area contributed by atoms with Crippen LogP contribution < -0.4 is 10.6 Å². The summed E-state index contributed by atoms with van der Waals surface area (Å²) in [6.07, 6.45) is 2.27. The molecule has 1 aliphatic rings. The third kappa shape index (κ3) is 5.26. The summed E-state index contributed by atoms with van der Waals surface area (Å²) in [5.74, 6) is 0.722. The Morgan fingerprint density at radius 2 is 1.88 bits per heavy atom. The first-order chi connectivity index (χ1) is 11.3. The van der Waals surface area contributed by atoms with Gasteiger partial charge in [0.25, 0.3) is 5.91 Å². The van der Waals surface area contributed by atoms with Crippen molar-refractivity contribution >= 4 is 30.1 Å². The van der Waals surface area contributed by atoms with Gasteiger partial charge in [-0.25, -0.2) is 0 Å². The van der Waals surface area contributed by atoms with Crippen molar-refractivity contribution in [2.45, 2.75) is 22.6 Å². The number of carbonyl (C=O) groups is 1. The second-order valence-electron chi connectivity index (χ2n) is 5.81. The molecule has 24 heavy (non-hydrogen) atoms. The van der Waals surface area contributed by atoms with Gasteiger partial charge in [-0.1, -0.05) is 42.1 Å². The van der Waals surface area contributed by atoms with E-state index in [1.54, 1.807) is 11.8 Å². The van der Waals surface area contributed by atoms with E-state index in [0.29, 0.717) is 5.92 Å². The van der Waals surface area contributed by atoms with Crippen LogP contribution in [-0.2, 0) is 0 Å². The van der Waals surface area contributed by atoms with Gasteiger partial charge in [0.15, 0.2) is 0 Å². The lowest BCUT2D eigenvalue weighted by molar-refractivity contribution is 0.0948. The molecule has 1 atom stereocenters. The molecule has 1 fully saturated rings. The Morgan fingerprint density at radius 1 is 1.12 bits per heavy atom. The van der Waals surface area contributed by atoms with Crippen LogP contribution in [-0.4, -0.2) is 25.5 Å². The van der Waals surface area contributed by atoms with Gasteiger partial charge in [-0.2, -0.15) is 0 Å². The van der Waals surface area contributed by atoms with Crippen molar-refractivity contribution in [1.82, 2.24) is 10.6 Å². The molecule has 5 heteroatoms. The van der Waals surface area contributed by atoms with Crippen molar-refractivity contribution < 1.29 is 4.79 Å². The Labute approximate surface area is 154 Å². The molecule has 1 amide bonds. The van der Waals surface area contributed by atoms with Crippen LogP contribution in [0.1, 0.15) is 23.2 Å². The molecule has 2 N–H and O–H groups in total. The van der Waals surface area contributed by atoms with Crippen molar-refractivity contribution in [3.63, 3.8) is 0 Å². The average Bonchev–Trinajstić information content (AvgIpc) is 3.09. The smallest absolute Gasteiger partial charge is 0.252 e. The Balaban J connectivity index is 0.00000208. The van der Waals surface area contributed by atoms with Crippen LogP contribution >= 0.6 is 24.2 Å². The molecule has 0 spiro atoms. The Kier molecular flexibility index (Phi) is 7.63. The molecular formula is C19H23ClN2OS. The lowest BCUT2D eigenvalue weighted by atomic mass is 10.1. The molecule has 3 nitrogen and oxygen atoms in total. The van der Waals surface area contributed by atoms with Crippen LogP contribution in [0.5, 0.6) is 0 Å². The molecule has 0 bridgehead atoms. The average molecular weight is 363 g/mol. The fourth-order valence-electron chi connectivity index (χ4n) is 2.80. The van der Waals surface area contributed by atoms with Crippen molar-refractivity contribution in [1.29, 1.82) is 0 Å². The molecular weight excluding hydrogens is 340 g/mol. The van der Waals surface area contributed by atoms with E-state index in [-0.39, 0.29) is 18.3 Å². The van der Waals surface area contributed by atoms with Crippen LogP contribution in [0.25, 0.3) is 0 Å².